The summed E-state index contributed by atoms with van der Waals surface area (Å²) in [5.41, 5.74) is -1.84. The number of rotatable bonds is 5. The Bertz CT molecular complexity index is 343. The van der Waals surface area contributed by atoms with Gasteiger partial charge in [-0.05, 0) is 19.3 Å². The highest BCUT2D eigenvalue weighted by atomic mass is 19.1. The number of carbonyl (C=O) groups is 2. The number of halogens is 1. The van der Waals surface area contributed by atoms with Crippen molar-refractivity contribution in [2.45, 2.75) is 38.3 Å². The molecule has 2 aliphatic carbocycles. The van der Waals surface area contributed by atoms with Gasteiger partial charge in [-0.3, -0.25) is 9.59 Å². The van der Waals surface area contributed by atoms with Crippen molar-refractivity contribution >= 4 is 11.9 Å². The number of fused-ring (bicyclic) bond motifs is 1. The Morgan fingerprint density at radius 1 is 1.47 bits per heavy atom. The minimum atomic E-state index is -1.84. The first-order valence-corrected chi connectivity index (χ1v) is 6.11. The van der Waals surface area contributed by atoms with Crippen LogP contribution in [0.4, 0.5) is 4.39 Å². The molecular weight excluding hydrogens is 227 g/mol. The lowest BCUT2D eigenvalue weighted by molar-refractivity contribution is -0.149. The van der Waals surface area contributed by atoms with Gasteiger partial charge in [0.2, 0.25) is 0 Å². The van der Waals surface area contributed by atoms with Gasteiger partial charge in [-0.15, -0.1) is 0 Å². The van der Waals surface area contributed by atoms with Gasteiger partial charge < -0.3 is 9.84 Å². The normalized spacial score (nSPS) is 38.6. The van der Waals surface area contributed by atoms with Crippen molar-refractivity contribution in [3.05, 3.63) is 0 Å². The molecule has 0 bridgehead atoms. The van der Waals surface area contributed by atoms with Gasteiger partial charge in [0.25, 0.3) is 0 Å². The Morgan fingerprint density at radius 2 is 2.18 bits per heavy atom. The third kappa shape index (κ3) is 1.81. The van der Waals surface area contributed by atoms with Crippen LogP contribution in [0.2, 0.25) is 0 Å². The van der Waals surface area contributed by atoms with Crippen LogP contribution in [0, 0.1) is 17.8 Å². The van der Waals surface area contributed by atoms with E-state index in [4.69, 9.17) is 9.84 Å². The highest BCUT2D eigenvalue weighted by Gasteiger charge is 2.78. The SMILES string of the molecule is CCCCOC(=O)C1C2CCC(C(=O)O)C21F. The average molecular weight is 244 g/mol. The molecule has 0 amide bonds. The molecule has 0 aromatic rings. The lowest BCUT2D eigenvalue weighted by Crippen LogP contribution is -2.28. The fourth-order valence-corrected chi connectivity index (χ4v) is 2.94. The zero-order chi connectivity index (χ0) is 12.6. The Hall–Kier alpha value is -1.13. The van der Waals surface area contributed by atoms with Gasteiger partial charge in [0, 0.05) is 5.92 Å². The van der Waals surface area contributed by atoms with E-state index < -0.39 is 35.4 Å². The van der Waals surface area contributed by atoms with Crippen LogP contribution in [0.1, 0.15) is 32.6 Å². The number of unbranched alkanes of at least 4 members (excludes halogenated alkanes) is 1. The van der Waals surface area contributed by atoms with Gasteiger partial charge in [-0.25, -0.2) is 4.39 Å². The average Bonchev–Trinajstić information content (AvgIpc) is 2.70. The molecule has 4 nitrogen and oxygen atoms in total. The summed E-state index contributed by atoms with van der Waals surface area (Å²) in [7, 11) is 0. The third-order valence-corrected chi connectivity index (χ3v) is 3.93. The number of alkyl halides is 1. The molecule has 0 aromatic heterocycles. The van der Waals surface area contributed by atoms with Crippen LogP contribution < -0.4 is 0 Å². The maximum Gasteiger partial charge on any atom is 0.312 e. The summed E-state index contributed by atoms with van der Waals surface area (Å²) in [6, 6.07) is 0. The fraction of sp³-hybridized carbons (Fsp3) is 0.833. The fourth-order valence-electron chi connectivity index (χ4n) is 2.94. The summed E-state index contributed by atoms with van der Waals surface area (Å²) in [6.07, 6.45) is 2.46. The number of carboxylic acid groups (broad SMARTS) is 1. The number of aliphatic carboxylic acids is 1. The minimum Gasteiger partial charge on any atom is -0.481 e. The molecule has 0 aliphatic heterocycles. The summed E-state index contributed by atoms with van der Waals surface area (Å²) >= 11 is 0. The number of ether oxygens (including phenoxy) is 1. The van der Waals surface area contributed by atoms with E-state index in [0.717, 1.165) is 12.8 Å². The second-order valence-corrected chi connectivity index (χ2v) is 4.90. The van der Waals surface area contributed by atoms with E-state index in [-0.39, 0.29) is 0 Å². The monoisotopic (exact) mass is 244 g/mol. The van der Waals surface area contributed by atoms with Crippen LogP contribution in [-0.2, 0) is 14.3 Å². The van der Waals surface area contributed by atoms with Gasteiger partial charge in [-0.2, -0.15) is 0 Å². The molecule has 1 N–H and O–H groups in total. The van der Waals surface area contributed by atoms with Crippen molar-refractivity contribution < 1.29 is 23.8 Å². The van der Waals surface area contributed by atoms with Crippen LogP contribution in [0.25, 0.3) is 0 Å². The molecule has 5 heteroatoms. The number of esters is 1. The van der Waals surface area contributed by atoms with E-state index in [2.05, 4.69) is 0 Å². The van der Waals surface area contributed by atoms with E-state index in [1.807, 2.05) is 6.92 Å². The molecule has 2 rings (SSSR count). The van der Waals surface area contributed by atoms with Gasteiger partial charge in [0.1, 0.15) is 5.67 Å². The molecular formula is C12H17FO4. The molecule has 2 aliphatic rings. The smallest absolute Gasteiger partial charge is 0.312 e. The van der Waals surface area contributed by atoms with Gasteiger partial charge in [-0.1, -0.05) is 13.3 Å². The molecule has 17 heavy (non-hydrogen) atoms. The van der Waals surface area contributed by atoms with Gasteiger partial charge in [0.05, 0.1) is 18.4 Å². The number of hydrogen-bond acceptors (Lipinski definition) is 3. The van der Waals surface area contributed by atoms with Crippen molar-refractivity contribution in [2.75, 3.05) is 6.61 Å². The summed E-state index contributed by atoms with van der Waals surface area (Å²) in [6.45, 7) is 2.27. The van der Waals surface area contributed by atoms with Crippen molar-refractivity contribution in [2.24, 2.45) is 17.8 Å². The predicted molar refractivity (Wildman–Crippen MR) is 57.0 cm³/mol. The van der Waals surface area contributed by atoms with Crippen LogP contribution in [0.15, 0.2) is 0 Å². The largest absolute Gasteiger partial charge is 0.481 e. The molecule has 2 saturated carbocycles. The molecule has 2 fully saturated rings. The number of hydrogen-bond donors (Lipinski definition) is 1. The maximum atomic E-state index is 14.3. The van der Waals surface area contributed by atoms with Crippen molar-refractivity contribution in [3.8, 4) is 0 Å². The van der Waals surface area contributed by atoms with Gasteiger partial charge in [0.15, 0.2) is 0 Å². The van der Waals surface area contributed by atoms with Crippen molar-refractivity contribution in [1.82, 2.24) is 0 Å². The Balaban J connectivity index is 1.93. The lowest BCUT2D eigenvalue weighted by atomic mass is 9.98. The first-order chi connectivity index (χ1) is 8.03. The molecule has 0 saturated heterocycles. The minimum absolute atomic E-state index is 0.298. The summed E-state index contributed by atoms with van der Waals surface area (Å²) < 4.78 is 19.3. The summed E-state index contributed by atoms with van der Waals surface area (Å²) in [5, 5.41) is 8.90. The molecule has 0 heterocycles. The second-order valence-electron chi connectivity index (χ2n) is 4.90. The van der Waals surface area contributed by atoms with Crippen LogP contribution >= 0.6 is 0 Å². The highest BCUT2D eigenvalue weighted by Crippen LogP contribution is 2.67. The maximum absolute atomic E-state index is 14.3. The summed E-state index contributed by atoms with van der Waals surface area (Å²) in [4.78, 5) is 22.5. The Morgan fingerprint density at radius 3 is 2.76 bits per heavy atom. The first kappa shape index (κ1) is 12.3. The number of carboxylic acids is 1. The molecule has 0 radical (unpaired) electrons. The Labute approximate surface area is 99.1 Å². The highest BCUT2D eigenvalue weighted by molar-refractivity contribution is 5.83. The molecule has 4 unspecified atom stereocenters. The van der Waals surface area contributed by atoms with Gasteiger partial charge >= 0.3 is 11.9 Å². The second kappa shape index (κ2) is 4.27. The molecule has 4 atom stereocenters. The predicted octanol–water partition coefficient (Wildman–Crippen LogP) is 1.78. The zero-order valence-electron chi connectivity index (χ0n) is 9.82. The summed E-state index contributed by atoms with van der Waals surface area (Å²) in [5.74, 6) is -4.00. The molecule has 0 aromatic carbocycles. The van der Waals surface area contributed by atoms with E-state index in [9.17, 15) is 14.0 Å². The van der Waals surface area contributed by atoms with E-state index in [0.29, 0.717) is 19.4 Å². The van der Waals surface area contributed by atoms with Crippen LogP contribution in [0.3, 0.4) is 0 Å². The van der Waals surface area contributed by atoms with Crippen LogP contribution in [0.5, 0.6) is 0 Å². The zero-order valence-corrected chi connectivity index (χ0v) is 9.82. The third-order valence-electron chi connectivity index (χ3n) is 3.93. The van der Waals surface area contributed by atoms with Crippen LogP contribution in [-0.4, -0.2) is 29.3 Å². The van der Waals surface area contributed by atoms with Crippen molar-refractivity contribution in [3.63, 3.8) is 0 Å². The topological polar surface area (TPSA) is 63.6 Å². The lowest BCUT2D eigenvalue weighted by Gasteiger charge is -2.13. The number of carbonyl (C=O) groups excluding carboxylic acids is 1. The molecule has 96 valence electrons. The van der Waals surface area contributed by atoms with Crippen molar-refractivity contribution in [1.29, 1.82) is 0 Å². The first-order valence-electron chi connectivity index (χ1n) is 6.11. The van der Waals surface area contributed by atoms with E-state index >= 15 is 0 Å². The Kier molecular flexibility index (Phi) is 3.10. The quantitative estimate of drug-likeness (QED) is 0.591. The standard InChI is InChI=1S/C12H17FO4/c1-2-3-6-17-11(16)9-7-4-5-8(10(14)15)12(7,9)13/h7-9H,2-6H2,1H3,(H,14,15). The van der Waals surface area contributed by atoms with E-state index in [1.165, 1.54) is 0 Å². The van der Waals surface area contributed by atoms with E-state index in [1.54, 1.807) is 0 Å². The molecule has 0 spiro atoms.